The lowest BCUT2D eigenvalue weighted by atomic mass is 9.91. The summed E-state index contributed by atoms with van der Waals surface area (Å²) < 4.78 is 63.0. The fourth-order valence-corrected chi connectivity index (χ4v) is 10.2. The highest BCUT2D eigenvalue weighted by Gasteiger charge is 2.26. The summed E-state index contributed by atoms with van der Waals surface area (Å²) in [6.45, 7) is 0. The third kappa shape index (κ3) is 8.17. The highest BCUT2D eigenvalue weighted by molar-refractivity contribution is 6.28. The molecule has 12 aromatic carbocycles. The molecule has 0 saturated heterocycles. The first-order valence-corrected chi connectivity index (χ1v) is 23.8. The van der Waals surface area contributed by atoms with Gasteiger partial charge in [-0.2, -0.15) is 10.5 Å². The zero-order chi connectivity index (χ0) is 50.5. The van der Waals surface area contributed by atoms with Crippen LogP contribution in [0.3, 0.4) is 0 Å². The van der Waals surface area contributed by atoms with Crippen LogP contribution in [0, 0.1) is 45.9 Å². The smallest absolute Gasteiger partial charge is 0.150 e. The Labute approximate surface area is 424 Å². The van der Waals surface area contributed by atoms with E-state index in [9.17, 15) is 19.3 Å². The Morgan fingerprint density at radius 1 is 0.297 bits per heavy atom. The Balaban J connectivity index is 1.11. The van der Waals surface area contributed by atoms with Crippen LogP contribution in [0.15, 0.2) is 231 Å². The molecule has 0 saturated carbocycles. The quantitative estimate of drug-likeness (QED) is 0.101. The molecular formula is C66H38F4N4. The number of hydrogen-bond donors (Lipinski definition) is 0. The van der Waals surface area contributed by atoms with E-state index in [4.69, 9.17) is 0 Å². The molecule has 12 aromatic rings. The normalized spacial score (nSPS) is 11.2. The standard InChI is InChI=1S/C66H38F4N4/c67-53-23-29-63(59(69)37-53)73(55-33-49(43-7-3-1-4-8-43)31-51(35-55)45-15-11-41(39-71)12-16-45)61-27-21-47-20-26-58-62(28-22-48-19-25-57(61)65(47)66(48)58)74(64-30-24-54(68)38-60(64)70)56-34-50(44-9-5-2-6-10-44)32-52(36-56)46-17-13-42(40-72)14-18-46/h1-38H. The molecule has 0 aliphatic rings. The molecule has 0 spiro atoms. The zero-order valence-electron chi connectivity index (χ0n) is 39.2. The highest BCUT2D eigenvalue weighted by Crippen LogP contribution is 2.50. The second-order valence-electron chi connectivity index (χ2n) is 18.1. The molecule has 0 aliphatic carbocycles. The van der Waals surface area contributed by atoms with E-state index >= 15 is 8.78 Å². The molecule has 0 unspecified atom stereocenters. The van der Waals surface area contributed by atoms with Gasteiger partial charge in [-0.3, -0.25) is 0 Å². The fourth-order valence-electron chi connectivity index (χ4n) is 10.2. The van der Waals surface area contributed by atoms with Crippen molar-refractivity contribution in [3.8, 4) is 56.6 Å². The molecule has 8 heteroatoms. The summed E-state index contributed by atoms with van der Waals surface area (Å²) in [5.74, 6) is -2.96. The Morgan fingerprint density at radius 3 is 0.986 bits per heavy atom. The lowest BCUT2D eigenvalue weighted by Crippen LogP contribution is -2.14. The Kier molecular flexibility index (Phi) is 11.4. The van der Waals surface area contributed by atoms with Gasteiger partial charge in [0.05, 0.1) is 46.0 Å². The van der Waals surface area contributed by atoms with Gasteiger partial charge in [-0.05, 0) is 163 Å². The van der Waals surface area contributed by atoms with E-state index in [2.05, 4.69) is 24.3 Å². The average molecular weight is 963 g/mol. The summed E-state index contributed by atoms with van der Waals surface area (Å²) in [7, 11) is 0. The van der Waals surface area contributed by atoms with Crippen molar-refractivity contribution in [1.29, 1.82) is 10.5 Å². The topological polar surface area (TPSA) is 54.1 Å². The van der Waals surface area contributed by atoms with Crippen LogP contribution in [0.25, 0.3) is 76.8 Å². The zero-order valence-corrected chi connectivity index (χ0v) is 39.2. The van der Waals surface area contributed by atoms with Crippen LogP contribution >= 0.6 is 0 Å². The number of nitriles is 2. The van der Waals surface area contributed by atoms with Crippen LogP contribution in [-0.4, -0.2) is 0 Å². The molecule has 4 nitrogen and oxygen atoms in total. The minimum Gasteiger partial charge on any atom is -0.307 e. The number of nitrogens with zero attached hydrogens (tertiary/aromatic N) is 4. The van der Waals surface area contributed by atoms with Gasteiger partial charge < -0.3 is 9.80 Å². The SMILES string of the molecule is N#Cc1ccc(-c2cc(-c3ccccc3)cc(N(c3ccc(F)cc3F)c3ccc4ccc5c(N(c6cc(-c7ccccc7)cc(-c7ccc(C#N)cc7)c6)c6ccc(F)cc6F)ccc6ccc3c4c65)c2)cc1. The molecular weight excluding hydrogens is 925 g/mol. The third-order valence-corrected chi connectivity index (χ3v) is 13.7. The molecule has 350 valence electrons. The molecule has 12 rings (SSSR count). The highest BCUT2D eigenvalue weighted by atomic mass is 19.1. The minimum atomic E-state index is -0.766. The van der Waals surface area contributed by atoms with Crippen LogP contribution in [0.4, 0.5) is 51.7 Å². The minimum absolute atomic E-state index is 0.118. The van der Waals surface area contributed by atoms with Crippen LogP contribution in [0.2, 0.25) is 0 Å². The lowest BCUT2D eigenvalue weighted by molar-refractivity contribution is 0.583. The molecule has 0 atom stereocenters. The summed E-state index contributed by atoms with van der Waals surface area (Å²) in [4.78, 5) is 3.64. The summed E-state index contributed by atoms with van der Waals surface area (Å²) in [5.41, 5.74) is 10.5. The lowest BCUT2D eigenvalue weighted by Gasteiger charge is -2.30. The average Bonchev–Trinajstić information content (AvgIpc) is 3.46. The van der Waals surface area contributed by atoms with Crippen LogP contribution in [-0.2, 0) is 0 Å². The van der Waals surface area contributed by atoms with Crippen molar-refractivity contribution in [1.82, 2.24) is 0 Å². The first-order valence-electron chi connectivity index (χ1n) is 23.8. The summed E-state index contributed by atoms with van der Waals surface area (Å²) in [6, 6.07) is 73.8. The van der Waals surface area contributed by atoms with E-state index in [0.717, 1.165) is 89.0 Å². The number of hydrogen-bond acceptors (Lipinski definition) is 4. The van der Waals surface area contributed by atoms with Crippen molar-refractivity contribution in [2.45, 2.75) is 0 Å². The summed E-state index contributed by atoms with van der Waals surface area (Å²) >= 11 is 0. The Morgan fingerprint density at radius 2 is 0.635 bits per heavy atom. The van der Waals surface area contributed by atoms with Gasteiger partial charge in [0.2, 0.25) is 0 Å². The van der Waals surface area contributed by atoms with Gasteiger partial charge in [0.25, 0.3) is 0 Å². The molecule has 0 radical (unpaired) electrons. The Bertz CT molecular complexity index is 3930. The van der Waals surface area contributed by atoms with Gasteiger partial charge in [0.15, 0.2) is 0 Å². The van der Waals surface area contributed by atoms with Gasteiger partial charge in [0.1, 0.15) is 23.3 Å². The van der Waals surface area contributed by atoms with Crippen molar-refractivity contribution in [2.75, 3.05) is 9.80 Å². The predicted octanol–water partition coefficient (Wildman–Crippen LogP) is 18.5. The largest absolute Gasteiger partial charge is 0.307 e. The van der Waals surface area contributed by atoms with E-state index in [0.29, 0.717) is 33.9 Å². The number of halogens is 4. The predicted molar refractivity (Wildman–Crippen MR) is 291 cm³/mol. The van der Waals surface area contributed by atoms with Gasteiger partial charge in [-0.1, -0.05) is 121 Å². The maximum absolute atomic E-state index is 16.6. The van der Waals surface area contributed by atoms with Crippen molar-refractivity contribution in [2.24, 2.45) is 0 Å². The van der Waals surface area contributed by atoms with Gasteiger partial charge >= 0.3 is 0 Å². The van der Waals surface area contributed by atoms with Gasteiger partial charge in [-0.15, -0.1) is 0 Å². The van der Waals surface area contributed by atoms with Crippen molar-refractivity contribution < 1.29 is 17.6 Å². The fraction of sp³-hybridized carbons (Fsp3) is 0. The monoisotopic (exact) mass is 962 g/mol. The van der Waals surface area contributed by atoms with Crippen molar-refractivity contribution >= 4 is 66.4 Å². The first-order chi connectivity index (χ1) is 36.2. The van der Waals surface area contributed by atoms with Crippen LogP contribution in [0.5, 0.6) is 0 Å². The van der Waals surface area contributed by atoms with Crippen LogP contribution < -0.4 is 9.80 Å². The molecule has 0 fully saturated rings. The molecule has 74 heavy (non-hydrogen) atoms. The number of benzene rings is 12. The summed E-state index contributed by atoms with van der Waals surface area (Å²) in [6.07, 6.45) is 0. The van der Waals surface area contributed by atoms with E-state index < -0.39 is 23.3 Å². The second kappa shape index (κ2) is 18.6. The Hall–Kier alpha value is -10.0. The number of anilines is 6. The third-order valence-electron chi connectivity index (χ3n) is 13.7. The molecule has 0 aliphatic heterocycles. The second-order valence-corrected chi connectivity index (χ2v) is 18.1. The summed E-state index contributed by atoms with van der Waals surface area (Å²) in [5, 5.41) is 24.3. The first kappa shape index (κ1) is 45.1. The maximum Gasteiger partial charge on any atom is 0.150 e. The van der Waals surface area contributed by atoms with Gasteiger partial charge in [0, 0.05) is 34.3 Å². The van der Waals surface area contributed by atoms with Crippen molar-refractivity contribution in [3.63, 3.8) is 0 Å². The van der Waals surface area contributed by atoms with Gasteiger partial charge in [-0.25, -0.2) is 17.6 Å². The molecule has 0 bridgehead atoms. The van der Waals surface area contributed by atoms with E-state index in [1.807, 2.05) is 168 Å². The van der Waals surface area contributed by atoms with Crippen LogP contribution in [0.1, 0.15) is 11.1 Å². The van der Waals surface area contributed by atoms with E-state index in [-0.39, 0.29) is 11.4 Å². The van der Waals surface area contributed by atoms with E-state index in [1.165, 1.54) is 24.3 Å². The molecule has 0 amide bonds. The van der Waals surface area contributed by atoms with E-state index in [1.54, 1.807) is 24.3 Å². The molecule has 0 N–H and O–H groups in total. The van der Waals surface area contributed by atoms with Crippen molar-refractivity contribution in [3.05, 3.63) is 265 Å². The maximum atomic E-state index is 16.6. The molecule has 0 aromatic heterocycles. The molecule has 0 heterocycles. The number of rotatable bonds is 10.